The van der Waals surface area contributed by atoms with Gasteiger partial charge in [0.1, 0.15) is 6.29 Å². The van der Waals surface area contributed by atoms with E-state index in [1.54, 1.807) is 0 Å². The standard InChI is InChI=1S/C13H14N2O/c1-8-13-11(6-9(7-16)14-8)10-4-2-3-5-12(10)15-13/h2-5,7-9,14-15H,6H2,1H3/t8?,9-/m0/s1. The van der Waals surface area contributed by atoms with Gasteiger partial charge < -0.3 is 9.78 Å². The molecule has 16 heavy (non-hydrogen) atoms. The monoisotopic (exact) mass is 214 g/mol. The minimum Gasteiger partial charge on any atom is -0.357 e. The Bertz CT molecular complexity index is 544. The summed E-state index contributed by atoms with van der Waals surface area (Å²) in [6.45, 7) is 2.09. The normalized spacial score (nSPS) is 24.3. The summed E-state index contributed by atoms with van der Waals surface area (Å²) >= 11 is 0. The summed E-state index contributed by atoms with van der Waals surface area (Å²) in [5, 5.41) is 4.53. The van der Waals surface area contributed by atoms with Gasteiger partial charge in [0.2, 0.25) is 0 Å². The first-order valence-electron chi connectivity index (χ1n) is 5.60. The van der Waals surface area contributed by atoms with Crippen LogP contribution in [0.1, 0.15) is 24.2 Å². The molecule has 2 aromatic rings. The van der Waals surface area contributed by atoms with Gasteiger partial charge in [-0.3, -0.25) is 5.32 Å². The van der Waals surface area contributed by atoms with Gasteiger partial charge in [-0.15, -0.1) is 0 Å². The number of aromatic nitrogens is 1. The highest BCUT2D eigenvalue weighted by Gasteiger charge is 2.26. The third-order valence-corrected chi connectivity index (χ3v) is 3.33. The number of aldehydes is 1. The molecule has 3 heteroatoms. The molecule has 1 aliphatic heterocycles. The Morgan fingerprint density at radius 2 is 2.19 bits per heavy atom. The number of hydrogen-bond donors (Lipinski definition) is 2. The van der Waals surface area contributed by atoms with Crippen LogP contribution in [0.5, 0.6) is 0 Å². The molecule has 0 bridgehead atoms. The summed E-state index contributed by atoms with van der Waals surface area (Å²) < 4.78 is 0. The van der Waals surface area contributed by atoms with Crippen molar-refractivity contribution in [3.05, 3.63) is 35.5 Å². The van der Waals surface area contributed by atoms with E-state index < -0.39 is 0 Å². The fourth-order valence-corrected chi connectivity index (χ4v) is 2.58. The smallest absolute Gasteiger partial charge is 0.137 e. The van der Waals surface area contributed by atoms with E-state index in [0.29, 0.717) is 0 Å². The molecule has 3 rings (SSSR count). The van der Waals surface area contributed by atoms with E-state index in [2.05, 4.69) is 29.4 Å². The van der Waals surface area contributed by atoms with E-state index in [-0.39, 0.29) is 12.1 Å². The van der Waals surface area contributed by atoms with Crippen molar-refractivity contribution >= 4 is 17.2 Å². The van der Waals surface area contributed by atoms with Gasteiger partial charge in [-0.25, -0.2) is 0 Å². The minimum absolute atomic E-state index is 0.0540. The van der Waals surface area contributed by atoms with E-state index in [1.165, 1.54) is 16.6 Å². The molecule has 1 aromatic carbocycles. The van der Waals surface area contributed by atoms with Gasteiger partial charge in [-0.1, -0.05) is 18.2 Å². The van der Waals surface area contributed by atoms with Crippen LogP contribution in [0.25, 0.3) is 10.9 Å². The molecular weight excluding hydrogens is 200 g/mol. The molecule has 1 aromatic heterocycles. The molecule has 3 nitrogen and oxygen atoms in total. The average molecular weight is 214 g/mol. The lowest BCUT2D eigenvalue weighted by atomic mass is 9.95. The number of benzene rings is 1. The van der Waals surface area contributed by atoms with Gasteiger partial charge in [0.15, 0.2) is 0 Å². The molecule has 2 heterocycles. The molecule has 0 fully saturated rings. The van der Waals surface area contributed by atoms with Crippen molar-refractivity contribution in [2.24, 2.45) is 0 Å². The van der Waals surface area contributed by atoms with Gasteiger partial charge >= 0.3 is 0 Å². The van der Waals surface area contributed by atoms with Crippen molar-refractivity contribution in [1.29, 1.82) is 0 Å². The zero-order valence-corrected chi connectivity index (χ0v) is 9.16. The minimum atomic E-state index is -0.0540. The zero-order chi connectivity index (χ0) is 11.1. The van der Waals surface area contributed by atoms with Crippen molar-refractivity contribution in [3.8, 4) is 0 Å². The van der Waals surface area contributed by atoms with Gasteiger partial charge in [0.05, 0.1) is 6.04 Å². The quantitative estimate of drug-likeness (QED) is 0.712. The number of aromatic amines is 1. The van der Waals surface area contributed by atoms with Crippen molar-refractivity contribution in [3.63, 3.8) is 0 Å². The number of carbonyl (C=O) groups is 1. The van der Waals surface area contributed by atoms with E-state index >= 15 is 0 Å². The maximum absolute atomic E-state index is 10.9. The summed E-state index contributed by atoms with van der Waals surface area (Å²) in [5.74, 6) is 0. The van der Waals surface area contributed by atoms with Crippen molar-refractivity contribution < 1.29 is 4.79 Å². The van der Waals surface area contributed by atoms with Gasteiger partial charge in [0.25, 0.3) is 0 Å². The second-order valence-electron chi connectivity index (χ2n) is 4.40. The summed E-state index contributed by atoms with van der Waals surface area (Å²) in [4.78, 5) is 14.3. The molecular formula is C13H14N2O. The molecule has 0 amide bonds. The van der Waals surface area contributed by atoms with E-state index in [9.17, 15) is 4.79 Å². The first-order valence-corrected chi connectivity index (χ1v) is 5.60. The Balaban J connectivity index is 2.21. The number of rotatable bonds is 1. The van der Waals surface area contributed by atoms with Crippen LogP contribution < -0.4 is 5.32 Å². The van der Waals surface area contributed by atoms with Gasteiger partial charge in [-0.05, 0) is 25.0 Å². The fourth-order valence-electron chi connectivity index (χ4n) is 2.58. The molecule has 82 valence electrons. The van der Waals surface area contributed by atoms with Crippen molar-refractivity contribution in [2.45, 2.75) is 25.4 Å². The van der Waals surface area contributed by atoms with Crippen LogP contribution in [-0.4, -0.2) is 17.3 Å². The largest absolute Gasteiger partial charge is 0.357 e. The van der Waals surface area contributed by atoms with Crippen LogP contribution in [0.3, 0.4) is 0 Å². The van der Waals surface area contributed by atoms with Crippen LogP contribution in [0.15, 0.2) is 24.3 Å². The van der Waals surface area contributed by atoms with Crippen LogP contribution in [0, 0.1) is 0 Å². The second-order valence-corrected chi connectivity index (χ2v) is 4.40. The van der Waals surface area contributed by atoms with Crippen molar-refractivity contribution in [1.82, 2.24) is 10.3 Å². The Labute approximate surface area is 93.9 Å². The SMILES string of the molecule is CC1N[C@H](C=O)Cc2c1[nH]c1ccccc21. The van der Waals surface area contributed by atoms with Gasteiger partial charge in [0, 0.05) is 22.6 Å². The Morgan fingerprint density at radius 1 is 1.38 bits per heavy atom. The van der Waals surface area contributed by atoms with E-state index in [1.807, 2.05) is 12.1 Å². The second kappa shape index (κ2) is 3.46. The molecule has 2 N–H and O–H groups in total. The molecule has 0 spiro atoms. The fraction of sp³-hybridized carbons (Fsp3) is 0.308. The highest BCUT2D eigenvalue weighted by atomic mass is 16.1. The number of H-pyrrole nitrogens is 1. The first kappa shape index (κ1) is 9.60. The van der Waals surface area contributed by atoms with E-state index in [0.717, 1.165) is 18.2 Å². The predicted octanol–water partition coefficient (Wildman–Crippen LogP) is 1.94. The van der Waals surface area contributed by atoms with E-state index in [4.69, 9.17) is 0 Å². The predicted molar refractivity (Wildman–Crippen MR) is 63.4 cm³/mol. The molecule has 0 saturated carbocycles. The molecule has 0 saturated heterocycles. The Kier molecular flexibility index (Phi) is 2.07. The summed E-state index contributed by atoms with van der Waals surface area (Å²) in [6, 6.07) is 8.42. The zero-order valence-electron chi connectivity index (χ0n) is 9.16. The third-order valence-electron chi connectivity index (χ3n) is 3.33. The number of nitrogens with one attached hydrogen (secondary N) is 2. The summed E-state index contributed by atoms with van der Waals surface area (Å²) in [6.07, 6.45) is 1.79. The summed E-state index contributed by atoms with van der Waals surface area (Å²) in [5.41, 5.74) is 3.67. The average Bonchev–Trinajstić information content (AvgIpc) is 2.68. The lowest BCUT2D eigenvalue weighted by molar-refractivity contribution is -0.109. The third kappa shape index (κ3) is 1.28. The molecule has 0 aliphatic carbocycles. The number of para-hydroxylation sites is 1. The van der Waals surface area contributed by atoms with Gasteiger partial charge in [-0.2, -0.15) is 0 Å². The van der Waals surface area contributed by atoms with Crippen LogP contribution in [-0.2, 0) is 11.2 Å². The van der Waals surface area contributed by atoms with Crippen LogP contribution in [0.2, 0.25) is 0 Å². The lowest BCUT2D eigenvalue weighted by Crippen LogP contribution is -2.39. The number of fused-ring (bicyclic) bond motifs is 3. The highest BCUT2D eigenvalue weighted by molar-refractivity contribution is 5.85. The number of hydrogen-bond acceptors (Lipinski definition) is 2. The molecule has 1 aliphatic rings. The lowest BCUT2D eigenvalue weighted by Gasteiger charge is -2.25. The molecule has 0 radical (unpaired) electrons. The molecule has 1 unspecified atom stereocenters. The topological polar surface area (TPSA) is 44.9 Å². The number of carbonyl (C=O) groups excluding carboxylic acids is 1. The Morgan fingerprint density at radius 3 is 3.00 bits per heavy atom. The maximum atomic E-state index is 10.9. The van der Waals surface area contributed by atoms with Crippen LogP contribution in [0.4, 0.5) is 0 Å². The Hall–Kier alpha value is -1.61. The molecule has 2 atom stereocenters. The highest BCUT2D eigenvalue weighted by Crippen LogP contribution is 2.30. The summed E-state index contributed by atoms with van der Waals surface area (Å²) in [7, 11) is 0. The van der Waals surface area contributed by atoms with Crippen LogP contribution >= 0.6 is 0 Å². The van der Waals surface area contributed by atoms with Crippen molar-refractivity contribution in [2.75, 3.05) is 0 Å². The first-order chi connectivity index (χ1) is 7.79. The maximum Gasteiger partial charge on any atom is 0.137 e.